The molecule has 0 bridgehead atoms. The van der Waals surface area contributed by atoms with Crippen molar-refractivity contribution in [1.82, 2.24) is 14.8 Å². The van der Waals surface area contributed by atoms with Crippen LogP contribution in [0, 0.1) is 11.6 Å². The van der Waals surface area contributed by atoms with E-state index >= 15 is 0 Å². The molecular formula is C9H8F2N4. The zero-order valence-electron chi connectivity index (χ0n) is 7.69. The number of halogens is 2. The second kappa shape index (κ2) is 3.64. The first kappa shape index (κ1) is 9.57. The van der Waals surface area contributed by atoms with E-state index in [1.807, 2.05) is 0 Å². The van der Waals surface area contributed by atoms with E-state index < -0.39 is 11.6 Å². The maximum absolute atomic E-state index is 13.2. The van der Waals surface area contributed by atoms with Crippen LogP contribution in [-0.4, -0.2) is 14.8 Å². The highest BCUT2D eigenvalue weighted by molar-refractivity contribution is 5.19. The highest BCUT2D eigenvalue weighted by atomic mass is 19.1. The summed E-state index contributed by atoms with van der Waals surface area (Å²) in [7, 11) is 0. The summed E-state index contributed by atoms with van der Waals surface area (Å²) in [5, 5.41) is 3.79. The normalized spacial score (nSPS) is 10.5. The molecule has 4 nitrogen and oxygen atoms in total. The Bertz CT molecular complexity index is 481. The molecule has 2 N–H and O–H groups in total. The van der Waals surface area contributed by atoms with Crippen LogP contribution in [0.15, 0.2) is 24.5 Å². The van der Waals surface area contributed by atoms with E-state index in [9.17, 15) is 8.78 Å². The molecule has 2 aromatic rings. The minimum atomic E-state index is -0.607. The van der Waals surface area contributed by atoms with Gasteiger partial charge in [-0.25, -0.2) is 18.4 Å². The number of hydrogen-bond acceptors (Lipinski definition) is 3. The molecule has 0 aliphatic heterocycles. The van der Waals surface area contributed by atoms with Crippen LogP contribution in [0.1, 0.15) is 5.56 Å². The molecule has 1 aromatic heterocycles. The van der Waals surface area contributed by atoms with Crippen molar-refractivity contribution in [3.05, 3.63) is 41.7 Å². The summed E-state index contributed by atoms with van der Waals surface area (Å²) in [6.45, 7) is 0.177. The average molecular weight is 210 g/mol. The van der Waals surface area contributed by atoms with Gasteiger partial charge in [-0.15, -0.1) is 5.10 Å². The predicted molar refractivity (Wildman–Crippen MR) is 49.9 cm³/mol. The Kier molecular flexibility index (Phi) is 2.32. The Hall–Kier alpha value is -1.98. The summed E-state index contributed by atoms with van der Waals surface area (Å²) in [6.07, 6.45) is 1.39. The monoisotopic (exact) mass is 210 g/mol. The minimum absolute atomic E-state index is 0.123. The van der Waals surface area contributed by atoms with Gasteiger partial charge >= 0.3 is 0 Å². The van der Waals surface area contributed by atoms with Crippen molar-refractivity contribution in [2.75, 3.05) is 5.73 Å². The van der Waals surface area contributed by atoms with Crippen LogP contribution in [0.25, 0.3) is 0 Å². The molecule has 0 amide bonds. The molecule has 0 unspecified atom stereocenters. The molecule has 2 rings (SSSR count). The Morgan fingerprint density at radius 3 is 2.73 bits per heavy atom. The summed E-state index contributed by atoms with van der Waals surface area (Å²) in [6, 6.07) is 3.39. The zero-order chi connectivity index (χ0) is 10.8. The van der Waals surface area contributed by atoms with E-state index in [0.29, 0.717) is 5.56 Å². The fourth-order valence-electron chi connectivity index (χ4n) is 1.21. The lowest BCUT2D eigenvalue weighted by molar-refractivity contribution is 0.558. The van der Waals surface area contributed by atoms with E-state index in [0.717, 1.165) is 6.07 Å². The fraction of sp³-hybridized carbons (Fsp3) is 0.111. The third kappa shape index (κ3) is 2.09. The summed E-state index contributed by atoms with van der Waals surface area (Å²) in [5.74, 6) is -1.09. The van der Waals surface area contributed by atoms with Crippen LogP contribution in [0.4, 0.5) is 14.7 Å². The Balaban J connectivity index is 2.24. The number of anilines is 1. The molecule has 0 spiro atoms. The number of nitrogens with two attached hydrogens (primary N) is 1. The fourth-order valence-corrected chi connectivity index (χ4v) is 1.21. The quantitative estimate of drug-likeness (QED) is 0.809. The van der Waals surface area contributed by atoms with Crippen molar-refractivity contribution >= 4 is 5.95 Å². The standard InChI is InChI=1S/C9H8F2N4/c10-7-2-1-6(8(11)3-7)4-15-5-13-9(12)14-15/h1-3,5H,4H2,(H2,12,14). The minimum Gasteiger partial charge on any atom is -0.367 e. The van der Waals surface area contributed by atoms with Gasteiger partial charge in [-0.1, -0.05) is 6.07 Å². The van der Waals surface area contributed by atoms with Crippen molar-refractivity contribution in [2.24, 2.45) is 0 Å². The second-order valence-corrected chi connectivity index (χ2v) is 3.04. The second-order valence-electron chi connectivity index (χ2n) is 3.04. The van der Waals surface area contributed by atoms with Crippen molar-refractivity contribution in [3.63, 3.8) is 0 Å². The van der Waals surface area contributed by atoms with Crippen LogP contribution in [0.5, 0.6) is 0 Å². The highest BCUT2D eigenvalue weighted by Crippen LogP contribution is 2.10. The molecule has 0 atom stereocenters. The summed E-state index contributed by atoms with van der Waals surface area (Å²) < 4.78 is 27.2. The molecule has 1 heterocycles. The number of benzene rings is 1. The molecule has 78 valence electrons. The van der Waals surface area contributed by atoms with E-state index in [1.165, 1.54) is 23.1 Å². The van der Waals surface area contributed by atoms with Gasteiger partial charge < -0.3 is 5.73 Å². The van der Waals surface area contributed by atoms with Gasteiger partial charge in [-0.3, -0.25) is 0 Å². The molecule has 0 aliphatic rings. The topological polar surface area (TPSA) is 56.7 Å². The SMILES string of the molecule is Nc1ncn(Cc2ccc(F)cc2F)n1. The van der Waals surface area contributed by atoms with Gasteiger partial charge in [0.25, 0.3) is 0 Å². The molecule has 0 saturated heterocycles. The first-order chi connectivity index (χ1) is 7.15. The average Bonchev–Trinajstić information content (AvgIpc) is 2.56. The molecule has 0 fully saturated rings. The Morgan fingerprint density at radius 1 is 1.33 bits per heavy atom. The van der Waals surface area contributed by atoms with E-state index in [2.05, 4.69) is 10.1 Å². The molecule has 6 heteroatoms. The first-order valence-corrected chi connectivity index (χ1v) is 4.24. The molecule has 0 saturated carbocycles. The lowest BCUT2D eigenvalue weighted by atomic mass is 10.2. The van der Waals surface area contributed by atoms with Gasteiger partial charge in [0.1, 0.15) is 18.0 Å². The third-order valence-electron chi connectivity index (χ3n) is 1.90. The van der Waals surface area contributed by atoms with Gasteiger partial charge in [-0.05, 0) is 6.07 Å². The van der Waals surface area contributed by atoms with Crippen LogP contribution < -0.4 is 5.73 Å². The molecule has 1 aromatic carbocycles. The van der Waals surface area contributed by atoms with Gasteiger partial charge in [-0.2, -0.15) is 0 Å². The van der Waals surface area contributed by atoms with Crippen molar-refractivity contribution in [3.8, 4) is 0 Å². The number of hydrogen-bond donors (Lipinski definition) is 1. The van der Waals surface area contributed by atoms with Gasteiger partial charge in [0.2, 0.25) is 5.95 Å². The van der Waals surface area contributed by atoms with E-state index in [4.69, 9.17) is 5.73 Å². The largest absolute Gasteiger partial charge is 0.367 e. The van der Waals surface area contributed by atoms with Crippen LogP contribution in [-0.2, 0) is 6.54 Å². The van der Waals surface area contributed by atoms with Crippen LogP contribution in [0.2, 0.25) is 0 Å². The van der Waals surface area contributed by atoms with Gasteiger partial charge in [0, 0.05) is 11.6 Å². The van der Waals surface area contributed by atoms with Crippen LogP contribution >= 0.6 is 0 Å². The number of rotatable bonds is 2. The third-order valence-corrected chi connectivity index (χ3v) is 1.90. The van der Waals surface area contributed by atoms with E-state index in [1.54, 1.807) is 0 Å². The molecule has 0 aliphatic carbocycles. The highest BCUT2D eigenvalue weighted by Gasteiger charge is 2.05. The number of nitrogens with zero attached hydrogens (tertiary/aromatic N) is 3. The number of aromatic nitrogens is 3. The predicted octanol–water partition coefficient (Wildman–Crippen LogP) is 1.19. The number of nitrogen functional groups attached to an aromatic ring is 1. The zero-order valence-corrected chi connectivity index (χ0v) is 7.69. The Labute approximate surface area is 84.4 Å². The maximum atomic E-state index is 13.2. The maximum Gasteiger partial charge on any atom is 0.239 e. The van der Waals surface area contributed by atoms with Gasteiger partial charge in [0.15, 0.2) is 0 Å². The van der Waals surface area contributed by atoms with Crippen molar-refractivity contribution in [1.29, 1.82) is 0 Å². The lowest BCUT2D eigenvalue weighted by Gasteiger charge is -2.02. The summed E-state index contributed by atoms with van der Waals surface area (Å²) >= 11 is 0. The molecule has 0 radical (unpaired) electrons. The van der Waals surface area contributed by atoms with Crippen molar-refractivity contribution in [2.45, 2.75) is 6.54 Å². The lowest BCUT2D eigenvalue weighted by Crippen LogP contribution is -2.03. The molecule has 15 heavy (non-hydrogen) atoms. The van der Waals surface area contributed by atoms with E-state index in [-0.39, 0.29) is 12.5 Å². The van der Waals surface area contributed by atoms with Crippen molar-refractivity contribution < 1.29 is 8.78 Å². The Morgan fingerprint density at radius 2 is 2.13 bits per heavy atom. The summed E-state index contributed by atoms with van der Waals surface area (Å²) in [4.78, 5) is 3.69. The summed E-state index contributed by atoms with van der Waals surface area (Å²) in [5.41, 5.74) is 5.63. The smallest absolute Gasteiger partial charge is 0.239 e. The molecular weight excluding hydrogens is 202 g/mol. The van der Waals surface area contributed by atoms with Crippen LogP contribution in [0.3, 0.4) is 0 Å². The van der Waals surface area contributed by atoms with Gasteiger partial charge in [0.05, 0.1) is 6.54 Å². The first-order valence-electron chi connectivity index (χ1n) is 4.24.